The number of piperidine rings is 2. The Hall–Kier alpha value is -1.16. The zero-order chi connectivity index (χ0) is 13.4. The molecule has 0 saturated carbocycles. The maximum absolute atomic E-state index is 4.67. The number of nitrogens with zero attached hydrogens (tertiary/aromatic N) is 4. The van der Waals surface area contributed by atoms with Gasteiger partial charge in [-0.05, 0) is 58.7 Å². The molecule has 19 heavy (non-hydrogen) atoms. The molecule has 0 N–H and O–H groups in total. The topological polar surface area (TPSA) is 32.3 Å². The number of aryl methyl sites for hydroxylation is 2. The molecule has 0 bridgehead atoms. The standard InChI is InChI=1S/C15H24N4/c1-11-9-12(2)17-15(16-11)19-7-4-5-13-10-18(3)8-6-14(13)19/h9,13-14H,4-8,10H2,1-3H3. The van der Waals surface area contributed by atoms with Gasteiger partial charge in [0.25, 0.3) is 0 Å². The summed E-state index contributed by atoms with van der Waals surface area (Å²) >= 11 is 0. The van der Waals surface area contributed by atoms with Crippen LogP contribution in [-0.4, -0.2) is 47.6 Å². The molecule has 0 amide bonds. The highest BCUT2D eigenvalue weighted by molar-refractivity contribution is 5.35. The maximum Gasteiger partial charge on any atom is 0.226 e. The van der Waals surface area contributed by atoms with Crippen molar-refractivity contribution in [2.45, 2.75) is 39.2 Å². The number of rotatable bonds is 1. The molecule has 4 heteroatoms. The molecular weight excluding hydrogens is 236 g/mol. The molecule has 1 aromatic heterocycles. The second kappa shape index (κ2) is 5.08. The largest absolute Gasteiger partial charge is 0.337 e. The maximum atomic E-state index is 4.67. The molecule has 0 radical (unpaired) electrons. The van der Waals surface area contributed by atoms with Gasteiger partial charge >= 0.3 is 0 Å². The highest BCUT2D eigenvalue weighted by atomic mass is 15.3. The SMILES string of the molecule is Cc1cc(C)nc(N2CCCC3CN(C)CCC32)n1. The van der Waals surface area contributed by atoms with Gasteiger partial charge in [-0.25, -0.2) is 9.97 Å². The molecule has 0 aromatic carbocycles. The Morgan fingerprint density at radius 1 is 1.11 bits per heavy atom. The zero-order valence-corrected chi connectivity index (χ0v) is 12.3. The Bertz CT molecular complexity index is 439. The lowest BCUT2D eigenvalue weighted by atomic mass is 9.84. The number of hydrogen-bond acceptors (Lipinski definition) is 4. The van der Waals surface area contributed by atoms with Crippen molar-refractivity contribution in [3.05, 3.63) is 17.5 Å². The minimum absolute atomic E-state index is 0.645. The Kier molecular flexibility index (Phi) is 3.44. The van der Waals surface area contributed by atoms with Crippen LogP contribution < -0.4 is 4.90 Å². The van der Waals surface area contributed by atoms with Gasteiger partial charge < -0.3 is 9.80 Å². The lowest BCUT2D eigenvalue weighted by Crippen LogP contribution is -2.53. The first-order valence-corrected chi connectivity index (χ1v) is 7.41. The van der Waals surface area contributed by atoms with Crippen LogP contribution in [0.5, 0.6) is 0 Å². The van der Waals surface area contributed by atoms with Crippen LogP contribution in [0.2, 0.25) is 0 Å². The molecule has 2 fully saturated rings. The first kappa shape index (κ1) is 12.9. The van der Waals surface area contributed by atoms with Crippen molar-refractivity contribution in [1.29, 1.82) is 0 Å². The Labute approximate surface area is 115 Å². The second-order valence-electron chi connectivity index (χ2n) is 6.16. The van der Waals surface area contributed by atoms with Crippen LogP contribution in [0.3, 0.4) is 0 Å². The summed E-state index contributed by atoms with van der Waals surface area (Å²) < 4.78 is 0. The normalized spacial score (nSPS) is 28.3. The third-order valence-corrected chi connectivity index (χ3v) is 4.50. The van der Waals surface area contributed by atoms with E-state index < -0.39 is 0 Å². The minimum Gasteiger partial charge on any atom is -0.337 e. The first-order chi connectivity index (χ1) is 9.13. The van der Waals surface area contributed by atoms with Crippen LogP contribution in [0.15, 0.2) is 6.07 Å². The fourth-order valence-corrected chi connectivity index (χ4v) is 3.67. The Morgan fingerprint density at radius 2 is 1.84 bits per heavy atom. The van der Waals surface area contributed by atoms with Crippen molar-refractivity contribution < 1.29 is 0 Å². The van der Waals surface area contributed by atoms with Crippen LogP contribution in [-0.2, 0) is 0 Å². The Morgan fingerprint density at radius 3 is 2.58 bits per heavy atom. The molecule has 2 atom stereocenters. The smallest absolute Gasteiger partial charge is 0.226 e. The fourth-order valence-electron chi connectivity index (χ4n) is 3.67. The number of anilines is 1. The predicted molar refractivity (Wildman–Crippen MR) is 77.5 cm³/mol. The van der Waals surface area contributed by atoms with Crippen LogP contribution >= 0.6 is 0 Å². The van der Waals surface area contributed by atoms with Gasteiger partial charge in [-0.2, -0.15) is 0 Å². The summed E-state index contributed by atoms with van der Waals surface area (Å²) in [5.74, 6) is 1.74. The molecule has 2 saturated heterocycles. The lowest BCUT2D eigenvalue weighted by Gasteiger charge is -2.46. The van der Waals surface area contributed by atoms with E-state index in [4.69, 9.17) is 0 Å². The van der Waals surface area contributed by atoms with Crippen molar-refractivity contribution in [2.24, 2.45) is 5.92 Å². The quantitative estimate of drug-likeness (QED) is 0.773. The van der Waals surface area contributed by atoms with Crippen LogP contribution in [0.25, 0.3) is 0 Å². The van der Waals surface area contributed by atoms with E-state index >= 15 is 0 Å². The average molecular weight is 260 g/mol. The van der Waals surface area contributed by atoms with E-state index in [0.717, 1.165) is 29.8 Å². The predicted octanol–water partition coefficient (Wildman–Crippen LogP) is 2.01. The van der Waals surface area contributed by atoms with Gasteiger partial charge in [0.05, 0.1) is 0 Å². The van der Waals surface area contributed by atoms with Gasteiger partial charge in [0.1, 0.15) is 0 Å². The second-order valence-corrected chi connectivity index (χ2v) is 6.16. The Balaban J connectivity index is 1.86. The molecule has 1 aromatic rings. The molecule has 2 aliphatic heterocycles. The monoisotopic (exact) mass is 260 g/mol. The fraction of sp³-hybridized carbons (Fsp3) is 0.733. The summed E-state index contributed by atoms with van der Waals surface area (Å²) in [5.41, 5.74) is 2.16. The van der Waals surface area contributed by atoms with E-state index in [2.05, 4.69) is 46.7 Å². The van der Waals surface area contributed by atoms with Crippen molar-refractivity contribution in [1.82, 2.24) is 14.9 Å². The van der Waals surface area contributed by atoms with Crippen molar-refractivity contribution in [3.8, 4) is 0 Å². The molecular formula is C15H24N4. The van der Waals surface area contributed by atoms with Crippen molar-refractivity contribution in [3.63, 3.8) is 0 Å². The van der Waals surface area contributed by atoms with E-state index in [9.17, 15) is 0 Å². The van der Waals surface area contributed by atoms with Gasteiger partial charge in [-0.1, -0.05) is 0 Å². The van der Waals surface area contributed by atoms with E-state index in [0.29, 0.717) is 6.04 Å². The summed E-state index contributed by atoms with van der Waals surface area (Å²) in [5, 5.41) is 0. The summed E-state index contributed by atoms with van der Waals surface area (Å²) in [6, 6.07) is 2.70. The van der Waals surface area contributed by atoms with Crippen LogP contribution in [0.4, 0.5) is 5.95 Å². The molecule has 104 valence electrons. The third-order valence-electron chi connectivity index (χ3n) is 4.50. The van der Waals surface area contributed by atoms with Gasteiger partial charge in [-0.3, -0.25) is 0 Å². The molecule has 0 spiro atoms. The molecule has 2 unspecified atom stereocenters. The highest BCUT2D eigenvalue weighted by Crippen LogP contribution is 2.32. The average Bonchev–Trinajstić information content (AvgIpc) is 2.36. The number of likely N-dealkylation sites (tertiary alicyclic amines) is 1. The van der Waals surface area contributed by atoms with E-state index in [1.165, 1.54) is 32.4 Å². The summed E-state index contributed by atoms with van der Waals surface area (Å²) in [6.45, 7) is 7.67. The van der Waals surface area contributed by atoms with Crippen molar-refractivity contribution >= 4 is 5.95 Å². The van der Waals surface area contributed by atoms with E-state index in [-0.39, 0.29) is 0 Å². The number of aromatic nitrogens is 2. The van der Waals surface area contributed by atoms with E-state index in [1.807, 2.05) is 0 Å². The van der Waals surface area contributed by atoms with Gasteiger partial charge in [-0.15, -0.1) is 0 Å². The molecule has 4 nitrogen and oxygen atoms in total. The molecule has 3 rings (SSSR count). The summed E-state index contributed by atoms with van der Waals surface area (Å²) in [4.78, 5) is 14.3. The van der Waals surface area contributed by atoms with Crippen LogP contribution in [0.1, 0.15) is 30.7 Å². The van der Waals surface area contributed by atoms with Gasteiger partial charge in [0.15, 0.2) is 0 Å². The van der Waals surface area contributed by atoms with Gasteiger partial charge in [0, 0.05) is 30.5 Å². The third kappa shape index (κ3) is 2.59. The first-order valence-electron chi connectivity index (χ1n) is 7.41. The molecule has 2 aliphatic rings. The highest BCUT2D eigenvalue weighted by Gasteiger charge is 2.36. The molecule has 3 heterocycles. The zero-order valence-electron chi connectivity index (χ0n) is 12.3. The lowest BCUT2D eigenvalue weighted by molar-refractivity contribution is 0.153. The number of hydrogen-bond donors (Lipinski definition) is 0. The van der Waals surface area contributed by atoms with E-state index in [1.54, 1.807) is 0 Å². The number of fused-ring (bicyclic) bond motifs is 1. The minimum atomic E-state index is 0.645. The summed E-state index contributed by atoms with van der Waals surface area (Å²) in [6.07, 6.45) is 3.87. The van der Waals surface area contributed by atoms with Gasteiger partial charge in [0.2, 0.25) is 5.95 Å². The molecule has 0 aliphatic carbocycles. The van der Waals surface area contributed by atoms with Crippen molar-refractivity contribution in [2.75, 3.05) is 31.6 Å². The summed E-state index contributed by atoms with van der Waals surface area (Å²) in [7, 11) is 2.24. The van der Waals surface area contributed by atoms with Crippen LogP contribution in [0, 0.1) is 19.8 Å².